The molecule has 0 saturated carbocycles. The standard InChI is InChI=1S/C37H66N2/c1-3-5-7-9-11-13-15-16-18-20-22-24-29-33-39-35-34-38(37(39)36-30-26-25-27-31-36)32-28-23-21-19-17-14-12-10-8-6-4-2/h25-27,30-31,34-35,37H,3-24,28-29,32-33H2,1-2H3. The van der Waals surface area contributed by atoms with Gasteiger partial charge in [-0.3, -0.25) is 0 Å². The fourth-order valence-corrected chi connectivity index (χ4v) is 6.20. The molecule has 0 spiro atoms. The van der Waals surface area contributed by atoms with Crippen molar-refractivity contribution in [1.82, 2.24) is 9.80 Å². The van der Waals surface area contributed by atoms with Gasteiger partial charge in [0.1, 0.15) is 6.17 Å². The molecule has 1 aromatic carbocycles. The van der Waals surface area contributed by atoms with E-state index in [4.69, 9.17) is 0 Å². The van der Waals surface area contributed by atoms with Gasteiger partial charge >= 0.3 is 0 Å². The average molecular weight is 539 g/mol. The van der Waals surface area contributed by atoms with E-state index in [1.165, 1.54) is 173 Å². The van der Waals surface area contributed by atoms with Crippen molar-refractivity contribution in [3.63, 3.8) is 0 Å². The smallest absolute Gasteiger partial charge is 0.127 e. The molecule has 1 unspecified atom stereocenters. The molecule has 0 aromatic heterocycles. The molecule has 2 nitrogen and oxygen atoms in total. The lowest BCUT2D eigenvalue weighted by atomic mass is 10.0. The SMILES string of the molecule is CCCCCCCCCCCCCCCN1C=CN(CCCCCCCCCCCCC)C1c1ccccc1. The third kappa shape index (κ3) is 16.4. The quantitative estimate of drug-likeness (QED) is 0.103. The van der Waals surface area contributed by atoms with Crippen molar-refractivity contribution >= 4 is 0 Å². The molecule has 2 rings (SSSR count). The van der Waals surface area contributed by atoms with E-state index in [1.807, 2.05) is 0 Å². The van der Waals surface area contributed by atoms with Gasteiger partial charge in [0.25, 0.3) is 0 Å². The first-order valence-electron chi connectivity index (χ1n) is 17.6. The maximum absolute atomic E-state index is 2.60. The van der Waals surface area contributed by atoms with Crippen molar-refractivity contribution in [3.8, 4) is 0 Å². The zero-order valence-electron chi connectivity index (χ0n) is 26.4. The predicted molar refractivity (Wildman–Crippen MR) is 174 cm³/mol. The van der Waals surface area contributed by atoms with Crippen LogP contribution in [0.15, 0.2) is 42.7 Å². The van der Waals surface area contributed by atoms with Crippen molar-refractivity contribution in [3.05, 3.63) is 48.3 Å². The van der Waals surface area contributed by atoms with E-state index >= 15 is 0 Å². The molecule has 0 aliphatic carbocycles. The van der Waals surface area contributed by atoms with Crippen LogP contribution in [0, 0.1) is 0 Å². The van der Waals surface area contributed by atoms with Gasteiger partial charge < -0.3 is 9.80 Å². The van der Waals surface area contributed by atoms with E-state index in [0.717, 1.165) is 0 Å². The zero-order valence-corrected chi connectivity index (χ0v) is 26.4. The van der Waals surface area contributed by atoms with Crippen LogP contribution in [-0.4, -0.2) is 22.9 Å². The summed E-state index contributed by atoms with van der Waals surface area (Å²) in [5.74, 6) is 0. The summed E-state index contributed by atoms with van der Waals surface area (Å²) in [5, 5.41) is 0. The van der Waals surface area contributed by atoms with Crippen molar-refractivity contribution in [2.75, 3.05) is 13.1 Å². The molecular weight excluding hydrogens is 472 g/mol. The number of unbranched alkanes of at least 4 members (excludes halogenated alkanes) is 22. The lowest BCUT2D eigenvalue weighted by Crippen LogP contribution is -2.32. The van der Waals surface area contributed by atoms with E-state index in [-0.39, 0.29) is 0 Å². The van der Waals surface area contributed by atoms with E-state index in [0.29, 0.717) is 6.17 Å². The molecule has 2 heteroatoms. The molecule has 224 valence electrons. The van der Waals surface area contributed by atoms with Gasteiger partial charge in [-0.15, -0.1) is 0 Å². The van der Waals surface area contributed by atoms with E-state index in [1.54, 1.807) is 0 Å². The van der Waals surface area contributed by atoms with Crippen LogP contribution in [0.1, 0.15) is 180 Å². The van der Waals surface area contributed by atoms with Crippen LogP contribution < -0.4 is 0 Å². The van der Waals surface area contributed by atoms with Crippen molar-refractivity contribution in [2.45, 2.75) is 174 Å². The molecule has 0 bridgehead atoms. The topological polar surface area (TPSA) is 6.48 Å². The van der Waals surface area contributed by atoms with Gasteiger partial charge in [-0.2, -0.15) is 0 Å². The second kappa shape index (κ2) is 24.4. The molecule has 1 aliphatic heterocycles. The lowest BCUT2D eigenvalue weighted by molar-refractivity contribution is 0.149. The summed E-state index contributed by atoms with van der Waals surface area (Å²) in [6, 6.07) is 11.2. The first-order valence-corrected chi connectivity index (χ1v) is 17.6. The molecule has 1 heterocycles. The molecule has 1 atom stereocenters. The minimum atomic E-state index is 0.395. The highest BCUT2D eigenvalue weighted by molar-refractivity contribution is 5.21. The molecule has 0 amide bonds. The Morgan fingerprint density at radius 3 is 1.05 bits per heavy atom. The van der Waals surface area contributed by atoms with E-state index in [9.17, 15) is 0 Å². The normalized spacial score (nSPS) is 15.1. The van der Waals surface area contributed by atoms with E-state index < -0.39 is 0 Å². The van der Waals surface area contributed by atoms with Crippen LogP contribution in [0.5, 0.6) is 0 Å². The van der Waals surface area contributed by atoms with Gasteiger partial charge in [0.2, 0.25) is 0 Å². The molecule has 0 fully saturated rings. The second-order valence-electron chi connectivity index (χ2n) is 12.3. The van der Waals surface area contributed by atoms with Gasteiger partial charge in [0.05, 0.1) is 0 Å². The molecule has 39 heavy (non-hydrogen) atoms. The number of hydrogen-bond acceptors (Lipinski definition) is 2. The van der Waals surface area contributed by atoms with Gasteiger partial charge in [0.15, 0.2) is 0 Å². The first kappa shape index (κ1) is 33.8. The van der Waals surface area contributed by atoms with Crippen molar-refractivity contribution in [2.24, 2.45) is 0 Å². The summed E-state index contributed by atoms with van der Waals surface area (Å²) < 4.78 is 0. The first-order chi connectivity index (χ1) is 19.4. The third-order valence-corrected chi connectivity index (χ3v) is 8.72. The molecule has 1 aromatic rings. The van der Waals surface area contributed by atoms with Crippen LogP contribution in [0.2, 0.25) is 0 Å². The second-order valence-corrected chi connectivity index (χ2v) is 12.3. The maximum atomic E-state index is 2.60. The molecule has 0 N–H and O–H groups in total. The Labute approximate surface area is 245 Å². The van der Waals surface area contributed by atoms with Crippen molar-refractivity contribution in [1.29, 1.82) is 0 Å². The fourth-order valence-electron chi connectivity index (χ4n) is 6.20. The Hall–Kier alpha value is -1.44. The minimum absolute atomic E-state index is 0.395. The zero-order chi connectivity index (χ0) is 27.6. The largest absolute Gasteiger partial charge is 0.352 e. The summed E-state index contributed by atoms with van der Waals surface area (Å²) >= 11 is 0. The highest BCUT2D eigenvalue weighted by atomic mass is 15.4. The summed E-state index contributed by atoms with van der Waals surface area (Å²) in [7, 11) is 0. The Morgan fingerprint density at radius 2 is 0.718 bits per heavy atom. The van der Waals surface area contributed by atoms with Crippen LogP contribution in [0.25, 0.3) is 0 Å². The minimum Gasteiger partial charge on any atom is -0.352 e. The Bertz CT molecular complexity index is 669. The van der Waals surface area contributed by atoms with Gasteiger partial charge in [-0.25, -0.2) is 0 Å². The van der Waals surface area contributed by atoms with Crippen LogP contribution in [-0.2, 0) is 0 Å². The van der Waals surface area contributed by atoms with Crippen molar-refractivity contribution < 1.29 is 0 Å². The number of benzene rings is 1. The Balaban J connectivity index is 1.55. The lowest BCUT2D eigenvalue weighted by Gasteiger charge is -2.33. The number of hydrogen-bond donors (Lipinski definition) is 0. The molecule has 1 aliphatic rings. The number of nitrogens with zero attached hydrogens (tertiary/aromatic N) is 2. The summed E-state index contributed by atoms with van der Waals surface area (Å²) in [6.07, 6.45) is 39.2. The molecule has 0 saturated heterocycles. The Morgan fingerprint density at radius 1 is 0.410 bits per heavy atom. The fraction of sp³-hybridized carbons (Fsp3) is 0.784. The monoisotopic (exact) mass is 539 g/mol. The van der Waals surface area contributed by atoms with Crippen LogP contribution >= 0.6 is 0 Å². The molecule has 0 radical (unpaired) electrons. The van der Waals surface area contributed by atoms with Gasteiger partial charge in [-0.1, -0.05) is 185 Å². The maximum Gasteiger partial charge on any atom is 0.127 e. The summed E-state index contributed by atoms with van der Waals surface area (Å²) in [5.41, 5.74) is 1.44. The average Bonchev–Trinajstić information content (AvgIpc) is 3.37. The summed E-state index contributed by atoms with van der Waals surface area (Å²) in [4.78, 5) is 5.21. The third-order valence-electron chi connectivity index (χ3n) is 8.72. The Kier molecular flexibility index (Phi) is 21.1. The predicted octanol–water partition coefficient (Wildman–Crippen LogP) is 12.2. The van der Waals surface area contributed by atoms with Gasteiger partial charge in [-0.05, 0) is 18.4 Å². The number of rotatable bonds is 27. The van der Waals surface area contributed by atoms with Crippen LogP contribution in [0.4, 0.5) is 0 Å². The van der Waals surface area contributed by atoms with Gasteiger partial charge in [0, 0.05) is 25.5 Å². The summed E-state index contributed by atoms with van der Waals surface area (Å²) in [6.45, 7) is 6.97. The highest BCUT2D eigenvalue weighted by Crippen LogP contribution is 2.31. The van der Waals surface area contributed by atoms with E-state index in [2.05, 4.69) is 66.4 Å². The highest BCUT2D eigenvalue weighted by Gasteiger charge is 2.26. The molecular formula is C37H66N2. The van der Waals surface area contributed by atoms with Crippen LogP contribution in [0.3, 0.4) is 0 Å².